The van der Waals surface area contributed by atoms with Crippen molar-refractivity contribution < 1.29 is 24.7 Å². The molecule has 0 radical (unpaired) electrons. The van der Waals surface area contributed by atoms with E-state index in [1.54, 1.807) is 0 Å². The van der Waals surface area contributed by atoms with Crippen molar-refractivity contribution in [3.8, 4) is 5.75 Å². The summed E-state index contributed by atoms with van der Waals surface area (Å²) in [5, 5.41) is 0. The minimum absolute atomic E-state index is 0.0893. The summed E-state index contributed by atoms with van der Waals surface area (Å²) in [4.78, 5) is 0. The molecule has 2 heteroatoms. The maximum Gasteiger partial charge on any atom is -0.109 e. The van der Waals surface area contributed by atoms with Gasteiger partial charge in [0.1, 0.15) is 5.75 Å². The molecular formula is C24H33OTi. The van der Waals surface area contributed by atoms with Crippen molar-refractivity contribution in [3.63, 3.8) is 0 Å². The van der Waals surface area contributed by atoms with Crippen molar-refractivity contribution in [2.75, 3.05) is 0 Å². The second-order valence-electron chi connectivity index (χ2n) is 7.48. The molecule has 1 aromatic carbocycles. The third-order valence-corrected chi connectivity index (χ3v) is 2.96. The molecule has 1 aliphatic carbocycles. The Morgan fingerprint density at radius 3 is 2.00 bits per heavy atom. The van der Waals surface area contributed by atoms with E-state index in [9.17, 15) is 0 Å². The topological polar surface area (TPSA) is 9.23 Å². The fourth-order valence-electron chi connectivity index (χ4n) is 1.71. The molecule has 0 saturated heterocycles. The first kappa shape index (κ1) is 24.6. The van der Waals surface area contributed by atoms with Crippen molar-refractivity contribution in [1.29, 1.82) is 0 Å². The fraction of sp³-hybridized carbons (Fsp3) is 0.375. The average molecular weight is 385 g/mol. The maximum absolute atomic E-state index is 5.69. The minimum atomic E-state index is 0.0893. The van der Waals surface area contributed by atoms with Crippen LogP contribution < -0.4 is 4.74 Å². The van der Waals surface area contributed by atoms with Gasteiger partial charge in [0.2, 0.25) is 0 Å². The first-order valence-corrected chi connectivity index (χ1v) is 9.71. The summed E-state index contributed by atoms with van der Waals surface area (Å²) in [6.07, 6.45) is 14.0. The predicted octanol–water partition coefficient (Wildman–Crippen LogP) is 7.01. The van der Waals surface area contributed by atoms with E-state index < -0.39 is 0 Å². The standard InChI is InChI=1S/C16H22O.C5H5.C3H6.Ti/c1-13(2)11-14(16(3,4)5)12-17-15-9-7-6-8-10-15;1-2-4-5-3-1;1-3-2;/h6-12H,1-5H3;1-3H,4H2;1-2H3;/q;-1;;+1. The Morgan fingerprint density at radius 2 is 1.65 bits per heavy atom. The fourth-order valence-corrected chi connectivity index (χ4v) is 1.71. The number of rotatable bonds is 3. The zero-order valence-corrected chi connectivity index (χ0v) is 19.0. The van der Waals surface area contributed by atoms with Crippen molar-refractivity contribution in [2.45, 2.75) is 54.9 Å². The molecule has 1 aliphatic rings. The van der Waals surface area contributed by atoms with E-state index in [0.29, 0.717) is 0 Å². The van der Waals surface area contributed by atoms with E-state index in [1.165, 1.54) is 15.0 Å². The van der Waals surface area contributed by atoms with Gasteiger partial charge < -0.3 is 4.74 Å². The summed E-state index contributed by atoms with van der Waals surface area (Å²) in [5.74, 6) is 0.872. The number of para-hydroxylation sites is 1. The van der Waals surface area contributed by atoms with Gasteiger partial charge in [-0.2, -0.15) is 6.08 Å². The van der Waals surface area contributed by atoms with Crippen molar-refractivity contribution in [2.24, 2.45) is 5.41 Å². The molecule has 0 aliphatic heterocycles. The van der Waals surface area contributed by atoms with Crippen LogP contribution in [0, 0.1) is 11.5 Å². The van der Waals surface area contributed by atoms with Crippen LogP contribution in [0.1, 0.15) is 54.9 Å². The van der Waals surface area contributed by atoms with E-state index in [0.717, 1.165) is 12.2 Å². The number of hydrogen-bond acceptors (Lipinski definition) is 1. The maximum atomic E-state index is 5.69. The summed E-state index contributed by atoms with van der Waals surface area (Å²) >= 11 is 2.08. The molecule has 1 nitrogen and oxygen atoms in total. The van der Waals surface area contributed by atoms with Crippen LogP contribution in [0.3, 0.4) is 0 Å². The molecule has 0 spiro atoms. The molecule has 0 fully saturated rings. The Labute approximate surface area is 172 Å². The zero-order chi connectivity index (χ0) is 20.0. The molecule has 0 bridgehead atoms. The largest absolute Gasteiger partial charge is 0.273 e. The second kappa shape index (κ2) is 13.7. The van der Waals surface area contributed by atoms with E-state index in [-0.39, 0.29) is 5.41 Å². The first-order valence-electron chi connectivity index (χ1n) is 8.93. The van der Waals surface area contributed by atoms with Gasteiger partial charge in [0, 0.05) is 0 Å². The van der Waals surface area contributed by atoms with Gasteiger partial charge in [-0.1, -0.05) is 50.6 Å². The van der Waals surface area contributed by atoms with E-state index in [2.05, 4.69) is 86.7 Å². The molecule has 2 rings (SSSR count). The third-order valence-electron chi connectivity index (χ3n) is 2.96. The molecule has 0 N–H and O–H groups in total. The molecule has 0 atom stereocenters. The smallest absolute Gasteiger partial charge is 0.109 e. The summed E-state index contributed by atoms with van der Waals surface area (Å²) in [5.41, 5.74) is 2.57. The Morgan fingerprint density at radius 1 is 1.08 bits per heavy atom. The molecule has 139 valence electrons. The Bertz CT molecular complexity index is 623. The number of benzene rings is 1. The minimum Gasteiger partial charge on any atom is -0.273 e. The van der Waals surface area contributed by atoms with Gasteiger partial charge in [-0.25, -0.2) is 12.2 Å². The van der Waals surface area contributed by atoms with Gasteiger partial charge in [0.25, 0.3) is 0 Å². The van der Waals surface area contributed by atoms with E-state index >= 15 is 0 Å². The number of hydrogen-bond donors (Lipinski definition) is 0. The van der Waals surface area contributed by atoms with Crippen LogP contribution in [0.5, 0.6) is 5.75 Å². The van der Waals surface area contributed by atoms with E-state index in [1.807, 2.05) is 48.7 Å². The van der Waals surface area contributed by atoms with Crippen LogP contribution in [0.25, 0.3) is 0 Å². The molecule has 26 heavy (non-hydrogen) atoms. The molecule has 0 saturated carbocycles. The summed E-state index contributed by atoms with van der Waals surface area (Å²) < 4.78 is 7.11. The monoisotopic (exact) mass is 385 g/mol. The van der Waals surface area contributed by atoms with Crippen LogP contribution in [0.15, 0.2) is 72.0 Å². The summed E-state index contributed by atoms with van der Waals surface area (Å²) in [7, 11) is 0. The van der Waals surface area contributed by atoms with Crippen LogP contribution in [0.2, 0.25) is 0 Å². The van der Waals surface area contributed by atoms with Gasteiger partial charge in [0.15, 0.2) is 0 Å². The van der Waals surface area contributed by atoms with Crippen molar-refractivity contribution in [1.82, 2.24) is 0 Å². The van der Waals surface area contributed by atoms with Crippen LogP contribution >= 0.6 is 0 Å². The Kier molecular flexibility index (Phi) is 13.0. The van der Waals surface area contributed by atoms with E-state index in [4.69, 9.17) is 4.74 Å². The quantitative estimate of drug-likeness (QED) is 0.235. The van der Waals surface area contributed by atoms with Gasteiger partial charge >= 0.3 is 37.6 Å². The summed E-state index contributed by atoms with van der Waals surface area (Å²) in [6, 6.07) is 9.84. The molecule has 1 aromatic rings. The summed E-state index contributed by atoms with van der Waals surface area (Å²) in [6.45, 7) is 14.9. The number of allylic oxidation sites excluding steroid dienone is 7. The molecular weight excluding hydrogens is 352 g/mol. The second-order valence-corrected chi connectivity index (χ2v) is 9.04. The molecule has 0 aromatic heterocycles. The van der Waals surface area contributed by atoms with Gasteiger partial charge in [-0.3, -0.25) is 6.08 Å². The Hall–Kier alpha value is -1.44. The average Bonchev–Trinajstić information content (AvgIpc) is 3.10. The van der Waals surface area contributed by atoms with Crippen molar-refractivity contribution >= 4 is 3.81 Å². The van der Waals surface area contributed by atoms with Gasteiger partial charge in [0.05, 0.1) is 6.26 Å². The Balaban J connectivity index is 0.000000566. The SMILES string of the molecule is CC(C)=CC(=COc1ccccc1)C(C)(C)C.C[C](C)=[Ti+].[C-]1=CC=CC1. The third kappa shape index (κ3) is 14.9. The van der Waals surface area contributed by atoms with Crippen LogP contribution in [-0.2, 0) is 20.0 Å². The van der Waals surface area contributed by atoms with Gasteiger partial charge in [-0.05, 0) is 37.0 Å². The van der Waals surface area contributed by atoms with Gasteiger partial charge in [-0.15, -0.1) is 6.42 Å². The van der Waals surface area contributed by atoms with Crippen LogP contribution in [-0.4, -0.2) is 3.81 Å². The zero-order valence-electron chi connectivity index (χ0n) is 17.4. The molecule has 0 amide bonds. The first-order chi connectivity index (χ1) is 12.1. The number of ether oxygens (including phenoxy) is 1. The van der Waals surface area contributed by atoms with Crippen LogP contribution in [0.4, 0.5) is 0 Å². The van der Waals surface area contributed by atoms with Crippen molar-refractivity contribution in [3.05, 3.63) is 78.1 Å². The molecule has 0 heterocycles. The normalized spacial score (nSPS) is 12.4. The predicted molar refractivity (Wildman–Crippen MR) is 112 cm³/mol. The molecule has 0 unspecified atom stereocenters.